The molecule has 1 heterocycles. The molecule has 0 aliphatic heterocycles. The summed E-state index contributed by atoms with van der Waals surface area (Å²) in [5, 5.41) is 2.81. The van der Waals surface area contributed by atoms with Gasteiger partial charge in [0.25, 0.3) is 15.9 Å². The second-order valence-electron chi connectivity index (χ2n) is 7.80. The van der Waals surface area contributed by atoms with E-state index in [4.69, 9.17) is 4.42 Å². The van der Waals surface area contributed by atoms with E-state index in [1.165, 1.54) is 24.3 Å². The van der Waals surface area contributed by atoms with Crippen molar-refractivity contribution in [1.82, 2.24) is 0 Å². The van der Waals surface area contributed by atoms with Crippen molar-refractivity contribution < 1.29 is 17.6 Å². The summed E-state index contributed by atoms with van der Waals surface area (Å²) in [5.41, 5.74) is 2.27. The number of anilines is 2. The van der Waals surface area contributed by atoms with Gasteiger partial charge in [-0.2, -0.15) is 0 Å². The molecule has 0 radical (unpaired) electrons. The molecule has 2 N–H and O–H groups in total. The predicted molar refractivity (Wildman–Crippen MR) is 128 cm³/mol. The molecule has 1 aromatic heterocycles. The fourth-order valence-electron chi connectivity index (χ4n) is 3.31. The minimum absolute atomic E-state index is 0.00806. The largest absolute Gasteiger partial charge is 0.439 e. The van der Waals surface area contributed by atoms with E-state index in [0.717, 1.165) is 16.7 Å². The maximum atomic E-state index is 13.2. The highest BCUT2D eigenvalue weighted by atomic mass is 32.2. The van der Waals surface area contributed by atoms with Crippen LogP contribution in [0.25, 0.3) is 11.0 Å². The van der Waals surface area contributed by atoms with Crippen LogP contribution in [0.1, 0.15) is 27.0 Å². The zero-order valence-electron chi connectivity index (χ0n) is 18.3. The van der Waals surface area contributed by atoms with Crippen LogP contribution in [-0.4, -0.2) is 14.3 Å². The molecule has 0 atom stereocenters. The zero-order chi connectivity index (χ0) is 23.8. The van der Waals surface area contributed by atoms with E-state index in [9.17, 15) is 18.0 Å². The number of carbonyl (C=O) groups excluding carboxylic acids is 1. The summed E-state index contributed by atoms with van der Waals surface area (Å²) in [5.74, 6) is -1.22. The van der Waals surface area contributed by atoms with E-state index >= 15 is 0 Å². The topological polar surface area (TPSA) is 105 Å². The minimum Gasteiger partial charge on any atom is -0.439 e. The lowest BCUT2D eigenvalue weighted by Crippen LogP contribution is -2.25. The Kier molecular flexibility index (Phi) is 5.78. The van der Waals surface area contributed by atoms with E-state index < -0.39 is 32.8 Å². The van der Waals surface area contributed by atoms with Gasteiger partial charge in [0.15, 0.2) is 0 Å². The number of carbonyl (C=O) groups is 1. The SMILES string of the molecule is Cc1ccc(NC(=O)c2c(NS(=O)(=O)c3ccc(C)c(C)c3)oc3ccccc3c2=O)cc1. The van der Waals surface area contributed by atoms with Crippen LogP contribution in [0.15, 0.2) is 80.8 Å². The van der Waals surface area contributed by atoms with Crippen molar-refractivity contribution in [2.75, 3.05) is 10.0 Å². The van der Waals surface area contributed by atoms with E-state index in [1.54, 1.807) is 37.3 Å². The van der Waals surface area contributed by atoms with Crippen LogP contribution >= 0.6 is 0 Å². The number of rotatable bonds is 5. The van der Waals surface area contributed by atoms with Gasteiger partial charge in [-0.1, -0.05) is 35.9 Å². The van der Waals surface area contributed by atoms with Crippen molar-refractivity contribution in [3.8, 4) is 0 Å². The number of hydrogen-bond acceptors (Lipinski definition) is 5. The van der Waals surface area contributed by atoms with Gasteiger partial charge in [-0.15, -0.1) is 0 Å². The second kappa shape index (κ2) is 8.55. The lowest BCUT2D eigenvalue weighted by atomic mass is 10.1. The average molecular weight is 463 g/mol. The molecule has 4 aromatic rings. The molecule has 33 heavy (non-hydrogen) atoms. The molecule has 7 nitrogen and oxygen atoms in total. The molecule has 0 aliphatic rings. The van der Waals surface area contributed by atoms with E-state index in [2.05, 4.69) is 10.0 Å². The number of hydrogen-bond donors (Lipinski definition) is 2. The highest BCUT2D eigenvalue weighted by Crippen LogP contribution is 2.25. The van der Waals surface area contributed by atoms with Gasteiger partial charge in [0.2, 0.25) is 11.3 Å². The third-order valence-corrected chi connectivity index (χ3v) is 6.68. The number of amides is 1. The normalized spacial score (nSPS) is 11.4. The summed E-state index contributed by atoms with van der Waals surface area (Å²) in [6, 6.07) is 18.0. The molecule has 1 amide bonds. The molecule has 0 aliphatic carbocycles. The average Bonchev–Trinajstić information content (AvgIpc) is 2.77. The summed E-state index contributed by atoms with van der Waals surface area (Å²) in [7, 11) is -4.14. The fraction of sp³-hybridized carbons (Fsp3) is 0.120. The zero-order valence-corrected chi connectivity index (χ0v) is 19.1. The maximum Gasteiger partial charge on any atom is 0.265 e. The third kappa shape index (κ3) is 4.51. The van der Waals surface area contributed by atoms with Crippen molar-refractivity contribution in [3.05, 3.63) is 99.2 Å². The first kappa shape index (κ1) is 22.3. The second-order valence-corrected chi connectivity index (χ2v) is 9.49. The maximum absolute atomic E-state index is 13.2. The van der Waals surface area contributed by atoms with Gasteiger partial charge >= 0.3 is 0 Å². The van der Waals surface area contributed by atoms with Gasteiger partial charge < -0.3 is 9.73 Å². The predicted octanol–water partition coefficient (Wildman–Crippen LogP) is 4.77. The highest BCUT2D eigenvalue weighted by molar-refractivity contribution is 7.92. The Hall–Kier alpha value is -3.91. The lowest BCUT2D eigenvalue weighted by Gasteiger charge is -2.13. The smallest absolute Gasteiger partial charge is 0.265 e. The van der Waals surface area contributed by atoms with Gasteiger partial charge in [-0.3, -0.25) is 9.59 Å². The summed E-state index contributed by atoms with van der Waals surface area (Å²) in [4.78, 5) is 26.3. The standard InChI is InChI=1S/C25H22N2O5S/c1-15-8-11-18(12-9-15)26-24(29)22-23(28)20-6-4-5-7-21(20)32-25(22)27-33(30,31)19-13-10-16(2)17(3)14-19/h4-14,27H,1-3H3,(H,26,29). The van der Waals surface area contributed by atoms with Crippen molar-refractivity contribution in [2.24, 2.45) is 0 Å². The molecule has 4 rings (SSSR count). The molecular formula is C25H22N2O5S. The van der Waals surface area contributed by atoms with Gasteiger partial charge in [-0.25, -0.2) is 13.1 Å². The molecule has 0 spiro atoms. The highest BCUT2D eigenvalue weighted by Gasteiger charge is 2.26. The monoisotopic (exact) mass is 462 g/mol. The van der Waals surface area contributed by atoms with Crippen LogP contribution in [0.2, 0.25) is 0 Å². The van der Waals surface area contributed by atoms with Crippen molar-refractivity contribution in [3.63, 3.8) is 0 Å². The Morgan fingerprint density at radius 1 is 0.879 bits per heavy atom. The van der Waals surface area contributed by atoms with Crippen molar-refractivity contribution >= 4 is 38.5 Å². The quantitative estimate of drug-likeness (QED) is 0.444. The molecule has 3 aromatic carbocycles. The molecule has 0 saturated heterocycles. The molecule has 0 bridgehead atoms. The van der Waals surface area contributed by atoms with Crippen molar-refractivity contribution in [2.45, 2.75) is 25.7 Å². The number of nitrogens with one attached hydrogen (secondary N) is 2. The van der Waals surface area contributed by atoms with E-state index in [-0.39, 0.29) is 15.9 Å². The molecule has 0 fully saturated rings. The lowest BCUT2D eigenvalue weighted by molar-refractivity contribution is 0.102. The van der Waals surface area contributed by atoms with Crippen LogP contribution in [0, 0.1) is 20.8 Å². The van der Waals surface area contributed by atoms with Crippen LogP contribution < -0.4 is 15.5 Å². The molecular weight excluding hydrogens is 440 g/mol. The Labute approximate surface area is 191 Å². The van der Waals surface area contributed by atoms with E-state index in [0.29, 0.717) is 5.69 Å². The Balaban J connectivity index is 1.82. The van der Waals surface area contributed by atoms with Gasteiger partial charge in [-0.05, 0) is 68.3 Å². The first-order chi connectivity index (χ1) is 15.7. The number of sulfonamides is 1. The summed E-state index contributed by atoms with van der Waals surface area (Å²) in [6.45, 7) is 5.57. The summed E-state index contributed by atoms with van der Waals surface area (Å²) in [6.07, 6.45) is 0. The Bertz CT molecular complexity index is 1540. The van der Waals surface area contributed by atoms with Gasteiger partial charge in [0.1, 0.15) is 11.1 Å². The van der Waals surface area contributed by atoms with Crippen molar-refractivity contribution in [1.29, 1.82) is 0 Å². The Morgan fingerprint density at radius 2 is 1.58 bits per heavy atom. The van der Waals surface area contributed by atoms with E-state index in [1.807, 2.05) is 26.0 Å². The van der Waals surface area contributed by atoms with Crippen LogP contribution in [0.3, 0.4) is 0 Å². The first-order valence-electron chi connectivity index (χ1n) is 10.2. The molecule has 0 saturated carbocycles. The third-order valence-electron chi connectivity index (χ3n) is 5.35. The Morgan fingerprint density at radius 3 is 2.27 bits per heavy atom. The number of para-hydroxylation sites is 1. The summed E-state index contributed by atoms with van der Waals surface area (Å²) < 4.78 is 34.2. The van der Waals surface area contributed by atoms with Gasteiger partial charge in [0.05, 0.1) is 10.3 Å². The van der Waals surface area contributed by atoms with Crippen LogP contribution in [0.4, 0.5) is 11.6 Å². The molecule has 168 valence electrons. The molecule has 0 unspecified atom stereocenters. The number of benzene rings is 3. The fourth-order valence-corrected chi connectivity index (χ4v) is 4.40. The minimum atomic E-state index is -4.14. The summed E-state index contributed by atoms with van der Waals surface area (Å²) >= 11 is 0. The number of aryl methyl sites for hydroxylation is 3. The molecule has 8 heteroatoms. The van der Waals surface area contributed by atoms with Crippen LogP contribution in [0.5, 0.6) is 0 Å². The van der Waals surface area contributed by atoms with Crippen LogP contribution in [-0.2, 0) is 10.0 Å². The first-order valence-corrected chi connectivity index (χ1v) is 11.7. The van der Waals surface area contributed by atoms with Gasteiger partial charge in [0, 0.05) is 5.69 Å². The number of fused-ring (bicyclic) bond motifs is 1.